The number of non-ortho nitro benzene ring substituents is 1. The van der Waals surface area contributed by atoms with E-state index >= 15 is 0 Å². The minimum atomic E-state index is -1.64. The first-order valence-electron chi connectivity index (χ1n) is 9.56. The molecule has 12 nitrogen and oxygen atoms in total. The first-order chi connectivity index (χ1) is 16.2. The van der Waals surface area contributed by atoms with Gasteiger partial charge in [-0.3, -0.25) is 24.5 Å². The van der Waals surface area contributed by atoms with Gasteiger partial charge in [0.1, 0.15) is 11.7 Å². The van der Waals surface area contributed by atoms with Crippen LogP contribution in [0.4, 0.5) is 11.4 Å². The summed E-state index contributed by atoms with van der Waals surface area (Å²) in [7, 11) is 1.07. The van der Waals surface area contributed by atoms with Gasteiger partial charge in [-0.25, -0.2) is 4.98 Å². The Labute approximate surface area is 201 Å². The molecule has 0 aliphatic rings. The number of nitrogens with zero attached hydrogens (tertiary/aromatic N) is 2. The average molecular weight is 510 g/mol. The molecular formula is C20H17Cl2N5O7. The zero-order valence-electron chi connectivity index (χ0n) is 17.4. The van der Waals surface area contributed by atoms with Crippen molar-refractivity contribution in [3.63, 3.8) is 0 Å². The van der Waals surface area contributed by atoms with Crippen molar-refractivity contribution in [3.8, 4) is 0 Å². The molecule has 0 fully saturated rings. The fraction of sp³-hybridized carbons (Fsp3) is 0.200. The number of ether oxygens (including phenoxy) is 1. The van der Waals surface area contributed by atoms with E-state index in [0.29, 0.717) is 11.0 Å². The van der Waals surface area contributed by atoms with Crippen LogP contribution in [0.3, 0.4) is 0 Å². The Hall–Kier alpha value is -3.58. The van der Waals surface area contributed by atoms with E-state index in [1.807, 2.05) is 0 Å². The lowest BCUT2D eigenvalue weighted by Gasteiger charge is -2.23. The number of para-hydroxylation sites is 2. The number of anilines is 1. The van der Waals surface area contributed by atoms with Crippen molar-refractivity contribution >= 4 is 57.5 Å². The SMILES string of the molecule is COC(=O)[C@H](Cc1nc2ccccc2[nH]c1=O)[C@@H](NO)C(=O)Nc1c(Cl)cc([N+](=O)[O-])cc1Cl. The van der Waals surface area contributed by atoms with Crippen molar-refractivity contribution in [2.75, 3.05) is 12.4 Å². The molecule has 0 unspecified atom stereocenters. The predicted octanol–water partition coefficient (Wildman–Crippen LogP) is 2.46. The Kier molecular flexibility index (Phi) is 7.79. The molecule has 14 heteroatoms. The summed E-state index contributed by atoms with van der Waals surface area (Å²) >= 11 is 12.0. The number of methoxy groups -OCH3 is 1. The molecule has 0 aliphatic carbocycles. The van der Waals surface area contributed by atoms with Crippen molar-refractivity contribution in [1.82, 2.24) is 15.4 Å². The maximum absolute atomic E-state index is 12.9. The van der Waals surface area contributed by atoms with Crippen LogP contribution in [-0.4, -0.2) is 45.1 Å². The van der Waals surface area contributed by atoms with Crippen molar-refractivity contribution in [2.45, 2.75) is 12.5 Å². The minimum absolute atomic E-state index is 0.0754. The highest BCUT2D eigenvalue weighted by atomic mass is 35.5. The molecule has 3 rings (SSSR count). The number of hydrogen-bond donors (Lipinski definition) is 4. The quantitative estimate of drug-likeness (QED) is 0.201. The Morgan fingerprint density at radius 3 is 2.50 bits per heavy atom. The summed E-state index contributed by atoms with van der Waals surface area (Å²) in [4.78, 5) is 55.0. The van der Waals surface area contributed by atoms with Gasteiger partial charge < -0.3 is 20.2 Å². The summed E-state index contributed by atoms with van der Waals surface area (Å²) in [5.74, 6) is -3.30. The largest absolute Gasteiger partial charge is 0.469 e. The third-order valence-corrected chi connectivity index (χ3v) is 5.49. The Bertz CT molecular complexity index is 1310. The van der Waals surface area contributed by atoms with Crippen LogP contribution in [0.5, 0.6) is 0 Å². The van der Waals surface area contributed by atoms with Crippen LogP contribution in [-0.2, 0) is 20.7 Å². The molecule has 0 saturated heterocycles. The van der Waals surface area contributed by atoms with Crippen LogP contribution >= 0.6 is 23.2 Å². The second-order valence-electron chi connectivity index (χ2n) is 7.00. The Morgan fingerprint density at radius 1 is 1.26 bits per heavy atom. The van der Waals surface area contributed by atoms with Crippen LogP contribution in [0.15, 0.2) is 41.2 Å². The summed E-state index contributed by atoms with van der Waals surface area (Å²) in [6.07, 6.45) is -0.375. The highest BCUT2D eigenvalue weighted by Crippen LogP contribution is 2.35. The number of benzene rings is 2. The first kappa shape index (κ1) is 25.1. The van der Waals surface area contributed by atoms with E-state index in [0.717, 1.165) is 19.2 Å². The fourth-order valence-electron chi connectivity index (χ4n) is 3.22. The molecule has 2 atom stereocenters. The van der Waals surface area contributed by atoms with E-state index in [2.05, 4.69) is 15.3 Å². The lowest BCUT2D eigenvalue weighted by Crippen LogP contribution is -2.49. The number of carbonyl (C=O) groups is 2. The normalized spacial score (nSPS) is 12.7. The number of amides is 1. The molecule has 3 aromatic rings. The zero-order chi connectivity index (χ0) is 25.0. The molecular weight excluding hydrogens is 493 g/mol. The number of H-pyrrole nitrogens is 1. The number of nitrogens with one attached hydrogen (secondary N) is 3. The lowest BCUT2D eigenvalue weighted by atomic mass is 9.94. The smallest absolute Gasteiger partial charge is 0.311 e. The predicted molar refractivity (Wildman–Crippen MR) is 122 cm³/mol. The van der Waals surface area contributed by atoms with Crippen molar-refractivity contribution in [1.29, 1.82) is 0 Å². The number of rotatable bonds is 8. The minimum Gasteiger partial charge on any atom is -0.469 e. The van der Waals surface area contributed by atoms with Crippen LogP contribution in [0.1, 0.15) is 5.69 Å². The van der Waals surface area contributed by atoms with Crippen LogP contribution in [0.25, 0.3) is 11.0 Å². The molecule has 0 spiro atoms. The van der Waals surface area contributed by atoms with Crippen molar-refractivity contribution in [3.05, 3.63) is 72.6 Å². The van der Waals surface area contributed by atoms with Gasteiger partial charge in [0.15, 0.2) is 0 Å². The second kappa shape index (κ2) is 10.6. The molecule has 0 bridgehead atoms. The standard InChI is InChI=1S/C20H17Cl2N5O7/c1-34-20(30)10(8-15-18(28)24-14-5-3-2-4-13(14)23-15)16(26-31)19(29)25-17-11(21)6-9(27(32)33)7-12(17)22/h2-7,10,16,26,31H,8H2,1H3,(H,24,28)(H,25,29)/t10-,16-/m1/s1. The van der Waals surface area contributed by atoms with Gasteiger partial charge in [-0.1, -0.05) is 35.3 Å². The van der Waals surface area contributed by atoms with E-state index in [1.165, 1.54) is 0 Å². The van der Waals surface area contributed by atoms with Crippen molar-refractivity contribution in [2.24, 2.45) is 5.92 Å². The highest BCUT2D eigenvalue weighted by molar-refractivity contribution is 6.40. The molecule has 0 radical (unpaired) electrons. The molecule has 4 N–H and O–H groups in total. The zero-order valence-corrected chi connectivity index (χ0v) is 18.9. The van der Waals surface area contributed by atoms with Crippen LogP contribution in [0, 0.1) is 16.0 Å². The number of aromatic nitrogens is 2. The molecule has 1 amide bonds. The molecule has 1 aromatic heterocycles. The van der Waals surface area contributed by atoms with Crippen molar-refractivity contribution < 1.29 is 24.5 Å². The maximum Gasteiger partial charge on any atom is 0.311 e. The third-order valence-electron chi connectivity index (χ3n) is 4.90. The lowest BCUT2D eigenvalue weighted by molar-refractivity contribution is -0.384. The number of halogens is 2. The number of fused-ring (bicyclic) bond motifs is 1. The monoisotopic (exact) mass is 509 g/mol. The second-order valence-corrected chi connectivity index (χ2v) is 7.82. The van der Waals surface area contributed by atoms with Gasteiger partial charge in [-0.05, 0) is 12.1 Å². The molecule has 0 aliphatic heterocycles. The van der Waals surface area contributed by atoms with Crippen LogP contribution in [0.2, 0.25) is 10.0 Å². The highest BCUT2D eigenvalue weighted by Gasteiger charge is 2.36. The third kappa shape index (κ3) is 5.31. The molecule has 0 saturated carbocycles. The van der Waals surface area contributed by atoms with E-state index < -0.39 is 40.0 Å². The summed E-state index contributed by atoms with van der Waals surface area (Å²) in [6.45, 7) is 0. The molecule has 34 heavy (non-hydrogen) atoms. The summed E-state index contributed by atoms with van der Waals surface area (Å²) in [5, 5.41) is 22.5. The first-order valence-corrected chi connectivity index (χ1v) is 10.3. The Morgan fingerprint density at radius 2 is 1.91 bits per heavy atom. The van der Waals surface area contributed by atoms with Crippen LogP contribution < -0.4 is 16.4 Å². The number of esters is 1. The number of hydrogen-bond acceptors (Lipinski definition) is 9. The summed E-state index contributed by atoms with van der Waals surface area (Å²) in [6, 6.07) is 7.02. The molecule has 2 aromatic carbocycles. The average Bonchev–Trinajstić information content (AvgIpc) is 2.80. The van der Waals surface area contributed by atoms with Gasteiger partial charge in [0.05, 0.1) is 44.7 Å². The van der Waals surface area contributed by atoms with Gasteiger partial charge in [-0.2, -0.15) is 5.48 Å². The summed E-state index contributed by atoms with van der Waals surface area (Å²) < 4.78 is 4.75. The van der Waals surface area contributed by atoms with Gasteiger partial charge in [0.25, 0.3) is 11.2 Å². The fourth-order valence-corrected chi connectivity index (χ4v) is 3.79. The maximum atomic E-state index is 12.9. The van der Waals surface area contributed by atoms with E-state index in [1.54, 1.807) is 29.7 Å². The number of carbonyl (C=O) groups excluding carboxylic acids is 2. The van der Waals surface area contributed by atoms with Gasteiger partial charge in [0, 0.05) is 18.6 Å². The number of aromatic amines is 1. The number of nitro benzene ring substituents is 1. The number of nitro groups is 1. The van der Waals surface area contributed by atoms with E-state index in [4.69, 9.17) is 27.9 Å². The summed E-state index contributed by atoms with van der Waals surface area (Å²) in [5.41, 5.74) is 1.41. The molecule has 1 heterocycles. The molecule has 178 valence electrons. The Balaban J connectivity index is 1.93. The van der Waals surface area contributed by atoms with E-state index in [-0.39, 0.29) is 27.8 Å². The van der Waals surface area contributed by atoms with E-state index in [9.17, 15) is 29.7 Å². The number of hydroxylamine groups is 1. The van der Waals surface area contributed by atoms with Gasteiger partial charge in [0.2, 0.25) is 5.91 Å². The van der Waals surface area contributed by atoms with Gasteiger partial charge >= 0.3 is 5.97 Å². The topological polar surface area (TPSA) is 177 Å². The van der Waals surface area contributed by atoms with Gasteiger partial charge in [-0.15, -0.1) is 0 Å².